The van der Waals surface area contributed by atoms with E-state index < -0.39 is 63.6 Å². The highest BCUT2D eigenvalue weighted by Crippen LogP contribution is 2.62. The van der Waals surface area contributed by atoms with Crippen LogP contribution in [0.15, 0.2) is 35.2 Å². The Morgan fingerprint density at radius 3 is 1.84 bits per heavy atom. The summed E-state index contributed by atoms with van der Waals surface area (Å²) < 4.78 is 168. The molecule has 0 spiro atoms. The molecule has 1 rings (SSSR count). The monoisotopic (exact) mass is 593 g/mol. The van der Waals surface area contributed by atoms with Crippen molar-refractivity contribution in [3.05, 3.63) is 35.9 Å². The lowest BCUT2D eigenvalue weighted by Crippen LogP contribution is -2.61. The third kappa shape index (κ3) is 7.28. The molecule has 2 N–H and O–H groups in total. The Bertz CT molecular complexity index is 1140. The van der Waals surface area contributed by atoms with Gasteiger partial charge in [0.1, 0.15) is 0 Å². The Morgan fingerprint density at radius 1 is 0.946 bits per heavy atom. The van der Waals surface area contributed by atoms with Gasteiger partial charge in [0.05, 0.1) is 23.4 Å². The Kier molecular flexibility index (Phi) is 9.82. The first kappa shape index (κ1) is 33.4. The summed E-state index contributed by atoms with van der Waals surface area (Å²) in [5.41, 5.74) is -2.67. The van der Waals surface area contributed by atoms with Crippen molar-refractivity contribution < 1.29 is 61.5 Å². The Balaban J connectivity index is 3.80. The topological polar surface area (TPSA) is 95.7 Å². The number of sulfonamides is 1. The summed E-state index contributed by atoms with van der Waals surface area (Å²) in [5.74, 6) is -19.9. The van der Waals surface area contributed by atoms with Crippen LogP contribution in [0, 0.1) is 5.41 Å². The third-order valence-electron chi connectivity index (χ3n) is 4.77. The molecule has 0 atom stereocenters. The number of hydrogen-bond acceptors (Lipinski definition) is 5. The molecule has 1 aromatic carbocycles. The van der Waals surface area contributed by atoms with Gasteiger partial charge in [-0.2, -0.15) is 39.5 Å². The molecular formula is C20H25F9NO5PS. The van der Waals surface area contributed by atoms with E-state index in [-0.39, 0.29) is 18.8 Å². The molecule has 6 nitrogen and oxygen atoms in total. The summed E-state index contributed by atoms with van der Waals surface area (Å²) in [6, 6.07) is 4.07. The zero-order chi connectivity index (χ0) is 29.3. The van der Waals surface area contributed by atoms with Gasteiger partial charge in [0.25, 0.3) is 0 Å². The largest absolute Gasteiger partial charge is 0.460 e. The van der Waals surface area contributed by atoms with Crippen LogP contribution in [-0.4, -0.2) is 45.6 Å². The van der Waals surface area contributed by atoms with Gasteiger partial charge in [-0.15, -0.1) is 0 Å². The smallest absolute Gasteiger partial charge is 0.305 e. The SMILES string of the molecule is CCOP(=O)(OCC)/C(=C/C(C)(C)CC(F)(F)C(F)(F)C(F)(F)C(F)(F)F)c1cccc(S(N)(=O)=O)c1. The zero-order valence-corrected chi connectivity index (χ0v) is 21.6. The molecule has 0 aliphatic heterocycles. The molecule has 0 fully saturated rings. The van der Waals surface area contributed by atoms with Crippen molar-refractivity contribution in [2.24, 2.45) is 10.6 Å². The zero-order valence-electron chi connectivity index (χ0n) is 19.9. The molecule has 0 bridgehead atoms. The average Bonchev–Trinajstić information content (AvgIpc) is 2.70. The molecule has 1 aromatic rings. The molecule has 0 aliphatic carbocycles. The molecule has 0 saturated carbocycles. The van der Waals surface area contributed by atoms with Crippen LogP contribution in [0.4, 0.5) is 39.5 Å². The fourth-order valence-electron chi connectivity index (χ4n) is 3.18. The van der Waals surface area contributed by atoms with Gasteiger partial charge in [0.2, 0.25) is 10.0 Å². The van der Waals surface area contributed by atoms with E-state index in [4.69, 9.17) is 14.2 Å². The molecule has 0 unspecified atom stereocenters. The molecule has 0 radical (unpaired) electrons. The minimum absolute atomic E-state index is 0.305. The number of allylic oxidation sites excluding steroid dienone is 1. The number of rotatable bonds is 12. The van der Waals surface area contributed by atoms with Crippen LogP contribution in [-0.2, 0) is 23.6 Å². The van der Waals surface area contributed by atoms with Gasteiger partial charge in [0, 0.05) is 6.42 Å². The number of hydrogen-bond donors (Lipinski definition) is 1. The predicted molar refractivity (Wildman–Crippen MR) is 116 cm³/mol. The van der Waals surface area contributed by atoms with E-state index in [9.17, 15) is 52.5 Å². The van der Waals surface area contributed by atoms with Crippen LogP contribution in [0.5, 0.6) is 0 Å². The van der Waals surface area contributed by atoms with Crippen LogP contribution in [0.1, 0.15) is 39.7 Å². The average molecular weight is 593 g/mol. The van der Waals surface area contributed by atoms with E-state index in [0.29, 0.717) is 6.08 Å². The molecule has 17 heteroatoms. The van der Waals surface area contributed by atoms with E-state index in [1.807, 2.05) is 0 Å². The van der Waals surface area contributed by atoms with Crippen molar-refractivity contribution in [1.29, 1.82) is 0 Å². The van der Waals surface area contributed by atoms with Crippen molar-refractivity contribution in [2.75, 3.05) is 13.2 Å². The van der Waals surface area contributed by atoms with Gasteiger partial charge in [-0.25, -0.2) is 13.6 Å². The normalized spacial score (nSPS) is 15.2. The van der Waals surface area contributed by atoms with Crippen LogP contribution < -0.4 is 5.14 Å². The molecule has 37 heavy (non-hydrogen) atoms. The summed E-state index contributed by atoms with van der Waals surface area (Å²) >= 11 is 0. The molecule has 0 saturated heterocycles. The van der Waals surface area contributed by atoms with E-state index in [0.717, 1.165) is 38.1 Å². The Morgan fingerprint density at radius 2 is 1.43 bits per heavy atom. The van der Waals surface area contributed by atoms with Crippen molar-refractivity contribution in [3.63, 3.8) is 0 Å². The molecular weight excluding hydrogens is 568 g/mol. The first-order chi connectivity index (χ1) is 16.4. The van der Waals surface area contributed by atoms with Crippen LogP contribution >= 0.6 is 7.60 Å². The Hall–Kier alpha value is -1.61. The molecule has 0 aromatic heterocycles. The highest BCUT2D eigenvalue weighted by molar-refractivity contribution is 7.89. The fourth-order valence-corrected chi connectivity index (χ4v) is 5.74. The first-order valence-electron chi connectivity index (χ1n) is 10.3. The van der Waals surface area contributed by atoms with Gasteiger partial charge in [-0.3, -0.25) is 4.57 Å². The van der Waals surface area contributed by atoms with Gasteiger partial charge >= 0.3 is 31.5 Å². The number of nitrogens with two attached hydrogens (primary N) is 1. The maximum absolute atomic E-state index is 14.4. The van der Waals surface area contributed by atoms with E-state index in [2.05, 4.69) is 0 Å². The van der Waals surface area contributed by atoms with Gasteiger partial charge in [-0.05, 0) is 37.0 Å². The van der Waals surface area contributed by atoms with Gasteiger partial charge in [0.15, 0.2) is 0 Å². The standard InChI is InChI=1S/C20H25F9NO5PS/c1-5-34-36(31,35-6-2)15(13-8-7-9-14(10-13)37(30,32)33)11-16(3,4)12-17(21,22)18(23,24)19(25,26)20(27,28)29/h7-11H,5-6,12H2,1-4H3,(H2,30,32,33)/b15-11+. The molecule has 0 amide bonds. The first-order valence-corrected chi connectivity index (χ1v) is 13.4. The summed E-state index contributed by atoms with van der Waals surface area (Å²) in [4.78, 5) is -0.546. The highest BCUT2D eigenvalue weighted by Gasteiger charge is 2.81. The molecule has 214 valence electrons. The molecule has 0 heterocycles. The Labute approximate surface area is 207 Å². The summed E-state index contributed by atoms with van der Waals surface area (Å²) in [6.07, 6.45) is -8.66. The van der Waals surface area contributed by atoms with Crippen molar-refractivity contribution >= 4 is 22.9 Å². The second-order valence-electron chi connectivity index (χ2n) is 8.45. The number of halogens is 9. The highest BCUT2D eigenvalue weighted by atomic mass is 32.2. The van der Waals surface area contributed by atoms with Crippen molar-refractivity contribution in [2.45, 2.75) is 63.0 Å². The van der Waals surface area contributed by atoms with Crippen LogP contribution in [0.2, 0.25) is 0 Å². The fraction of sp³-hybridized carbons (Fsp3) is 0.600. The van der Waals surface area contributed by atoms with Crippen LogP contribution in [0.3, 0.4) is 0 Å². The summed E-state index contributed by atoms with van der Waals surface area (Å²) in [6.45, 7) is 3.63. The lowest BCUT2D eigenvalue weighted by Gasteiger charge is -2.37. The lowest BCUT2D eigenvalue weighted by atomic mass is 9.82. The maximum Gasteiger partial charge on any atom is 0.460 e. The second-order valence-corrected chi connectivity index (χ2v) is 12.0. The number of benzene rings is 1. The minimum Gasteiger partial charge on any atom is -0.305 e. The van der Waals surface area contributed by atoms with Crippen LogP contribution in [0.25, 0.3) is 5.31 Å². The van der Waals surface area contributed by atoms with E-state index in [1.54, 1.807) is 0 Å². The van der Waals surface area contributed by atoms with E-state index in [1.165, 1.54) is 13.8 Å². The number of alkyl halides is 9. The van der Waals surface area contributed by atoms with Gasteiger partial charge < -0.3 is 9.05 Å². The quantitative estimate of drug-likeness (QED) is 0.212. The molecule has 0 aliphatic rings. The summed E-state index contributed by atoms with van der Waals surface area (Å²) in [7, 11) is -8.88. The summed E-state index contributed by atoms with van der Waals surface area (Å²) in [5, 5.41) is 4.43. The van der Waals surface area contributed by atoms with Crippen molar-refractivity contribution in [1.82, 2.24) is 0 Å². The third-order valence-corrected chi connectivity index (χ3v) is 7.85. The van der Waals surface area contributed by atoms with E-state index >= 15 is 0 Å². The lowest BCUT2D eigenvalue weighted by molar-refractivity contribution is -0.398. The maximum atomic E-state index is 14.4. The second kappa shape index (κ2) is 10.9. The minimum atomic E-state index is -7.08. The van der Waals surface area contributed by atoms with Gasteiger partial charge in [-0.1, -0.05) is 32.1 Å². The van der Waals surface area contributed by atoms with Crippen molar-refractivity contribution in [3.8, 4) is 0 Å². The number of primary sulfonamides is 1. The predicted octanol–water partition coefficient (Wildman–Crippen LogP) is 6.83.